The van der Waals surface area contributed by atoms with E-state index in [0.29, 0.717) is 21.5 Å². The van der Waals surface area contributed by atoms with Crippen LogP contribution < -0.4 is 10.1 Å². The topological polar surface area (TPSA) is 51.2 Å². The zero-order valence-electron chi connectivity index (χ0n) is 12.7. The van der Waals surface area contributed by atoms with Crippen molar-refractivity contribution in [2.75, 3.05) is 19.0 Å². The molecular formula is C17H15ClN2O2S. The first-order valence-corrected chi connectivity index (χ1v) is 8.24. The maximum atomic E-state index is 12.3. The number of nitrogens with one attached hydrogen (secondary N) is 1. The molecule has 0 aliphatic carbocycles. The van der Waals surface area contributed by atoms with Gasteiger partial charge in [0.2, 0.25) is 0 Å². The minimum absolute atomic E-state index is 0.0158. The van der Waals surface area contributed by atoms with Gasteiger partial charge in [-0.1, -0.05) is 35.1 Å². The van der Waals surface area contributed by atoms with Crippen LogP contribution in [0.3, 0.4) is 0 Å². The molecule has 0 amide bonds. The highest BCUT2D eigenvalue weighted by Gasteiger charge is 2.11. The highest BCUT2D eigenvalue weighted by molar-refractivity contribution is 7.22. The normalized spacial score (nSPS) is 10.7. The van der Waals surface area contributed by atoms with E-state index in [1.807, 2.05) is 25.1 Å². The fraction of sp³-hybridized carbons (Fsp3) is 0.176. The number of hydrogen-bond acceptors (Lipinski definition) is 5. The molecule has 0 atom stereocenters. The van der Waals surface area contributed by atoms with Gasteiger partial charge in [0.05, 0.1) is 23.9 Å². The second-order valence-electron chi connectivity index (χ2n) is 5.05. The van der Waals surface area contributed by atoms with Gasteiger partial charge in [-0.15, -0.1) is 0 Å². The number of anilines is 1. The van der Waals surface area contributed by atoms with Crippen molar-refractivity contribution < 1.29 is 9.53 Å². The summed E-state index contributed by atoms with van der Waals surface area (Å²) in [6.07, 6.45) is 0. The lowest BCUT2D eigenvalue weighted by Gasteiger charge is -2.04. The Hall–Kier alpha value is -2.11. The van der Waals surface area contributed by atoms with E-state index in [9.17, 15) is 4.79 Å². The number of rotatable bonds is 5. The smallest absolute Gasteiger partial charge is 0.184 e. The lowest BCUT2D eigenvalue weighted by molar-refractivity contribution is 0.101. The molecule has 2 aromatic carbocycles. The summed E-state index contributed by atoms with van der Waals surface area (Å²) in [4.78, 5) is 16.8. The van der Waals surface area contributed by atoms with E-state index in [4.69, 9.17) is 16.3 Å². The molecule has 1 N–H and O–H groups in total. The molecule has 0 spiro atoms. The summed E-state index contributed by atoms with van der Waals surface area (Å²) < 4.78 is 6.18. The van der Waals surface area contributed by atoms with E-state index in [1.165, 1.54) is 11.3 Å². The van der Waals surface area contributed by atoms with Crippen molar-refractivity contribution in [3.8, 4) is 5.75 Å². The van der Waals surface area contributed by atoms with E-state index in [0.717, 1.165) is 15.8 Å². The highest BCUT2D eigenvalue weighted by Crippen LogP contribution is 2.31. The Morgan fingerprint density at radius 3 is 2.96 bits per heavy atom. The number of Topliss-reactive ketones (excluding diaryl/α,β-unsaturated/α-hetero) is 1. The van der Waals surface area contributed by atoms with Crippen LogP contribution in [0.2, 0.25) is 5.02 Å². The number of aryl methyl sites for hydroxylation is 1. The Morgan fingerprint density at radius 1 is 1.35 bits per heavy atom. The zero-order valence-corrected chi connectivity index (χ0v) is 14.3. The van der Waals surface area contributed by atoms with Gasteiger partial charge >= 0.3 is 0 Å². The number of carbonyl (C=O) groups is 1. The largest absolute Gasteiger partial charge is 0.497 e. The van der Waals surface area contributed by atoms with Crippen molar-refractivity contribution in [2.45, 2.75) is 6.92 Å². The summed E-state index contributed by atoms with van der Waals surface area (Å²) in [7, 11) is 1.58. The summed E-state index contributed by atoms with van der Waals surface area (Å²) in [5, 5.41) is 4.50. The SMILES string of the molecule is COc1cccc(C(=O)CNc2nc3c(C)c(Cl)ccc3s2)c1. The average Bonchev–Trinajstić information content (AvgIpc) is 3.00. The molecule has 3 rings (SSSR count). The molecule has 23 heavy (non-hydrogen) atoms. The molecule has 0 aliphatic rings. The van der Waals surface area contributed by atoms with Crippen molar-refractivity contribution in [1.82, 2.24) is 4.98 Å². The minimum Gasteiger partial charge on any atom is -0.497 e. The Bertz CT molecular complexity index is 876. The Labute approximate surface area is 143 Å². The van der Waals surface area contributed by atoms with Gasteiger partial charge in [-0.3, -0.25) is 4.79 Å². The average molecular weight is 347 g/mol. The van der Waals surface area contributed by atoms with Crippen LogP contribution in [-0.4, -0.2) is 24.4 Å². The van der Waals surface area contributed by atoms with Crippen LogP contribution >= 0.6 is 22.9 Å². The molecule has 3 aromatic rings. The predicted molar refractivity (Wildman–Crippen MR) is 95.2 cm³/mol. The van der Waals surface area contributed by atoms with Crippen molar-refractivity contribution in [1.29, 1.82) is 0 Å². The standard InChI is InChI=1S/C17H15ClN2O2S/c1-10-13(18)6-7-15-16(10)20-17(23-15)19-9-14(21)11-4-3-5-12(8-11)22-2/h3-8H,9H2,1-2H3,(H,19,20). The molecule has 118 valence electrons. The summed E-state index contributed by atoms with van der Waals surface area (Å²) in [6, 6.07) is 10.9. The van der Waals surface area contributed by atoms with Crippen molar-refractivity contribution in [2.24, 2.45) is 0 Å². The van der Waals surface area contributed by atoms with E-state index in [2.05, 4.69) is 10.3 Å². The molecule has 0 radical (unpaired) electrons. The third-order valence-corrected chi connectivity index (χ3v) is 4.93. The molecule has 0 unspecified atom stereocenters. The molecular weight excluding hydrogens is 332 g/mol. The predicted octanol–water partition coefficient (Wildman–Crippen LogP) is 4.56. The van der Waals surface area contributed by atoms with Gasteiger partial charge in [-0.25, -0.2) is 4.98 Å². The first kappa shape index (κ1) is 15.8. The van der Waals surface area contributed by atoms with Crippen LogP contribution in [0.15, 0.2) is 36.4 Å². The second-order valence-corrected chi connectivity index (χ2v) is 6.48. The number of halogens is 1. The maximum absolute atomic E-state index is 12.3. The maximum Gasteiger partial charge on any atom is 0.184 e. The third kappa shape index (κ3) is 3.30. The van der Waals surface area contributed by atoms with Crippen LogP contribution in [0.5, 0.6) is 5.75 Å². The van der Waals surface area contributed by atoms with E-state index in [-0.39, 0.29) is 12.3 Å². The highest BCUT2D eigenvalue weighted by atomic mass is 35.5. The van der Waals surface area contributed by atoms with Crippen LogP contribution in [0.1, 0.15) is 15.9 Å². The van der Waals surface area contributed by atoms with Gasteiger partial charge in [0.15, 0.2) is 10.9 Å². The van der Waals surface area contributed by atoms with Gasteiger partial charge in [0, 0.05) is 10.6 Å². The third-order valence-electron chi connectivity index (χ3n) is 3.54. The molecule has 0 saturated carbocycles. The summed E-state index contributed by atoms with van der Waals surface area (Å²) >= 11 is 7.62. The minimum atomic E-state index is -0.0158. The number of carbonyl (C=O) groups excluding carboxylic acids is 1. The molecule has 0 bridgehead atoms. The fourth-order valence-electron chi connectivity index (χ4n) is 2.23. The fourth-order valence-corrected chi connectivity index (χ4v) is 3.30. The zero-order chi connectivity index (χ0) is 16.4. The Morgan fingerprint density at radius 2 is 2.17 bits per heavy atom. The van der Waals surface area contributed by atoms with Gasteiger partial charge < -0.3 is 10.1 Å². The van der Waals surface area contributed by atoms with Crippen molar-refractivity contribution in [3.05, 3.63) is 52.5 Å². The first-order valence-electron chi connectivity index (χ1n) is 7.05. The lowest BCUT2D eigenvalue weighted by Crippen LogP contribution is -2.13. The van der Waals surface area contributed by atoms with Crippen LogP contribution in [-0.2, 0) is 0 Å². The van der Waals surface area contributed by atoms with Gasteiger partial charge in [-0.2, -0.15) is 0 Å². The molecule has 0 aliphatic heterocycles. The number of nitrogens with zero attached hydrogens (tertiary/aromatic N) is 1. The number of fused-ring (bicyclic) bond motifs is 1. The van der Waals surface area contributed by atoms with E-state index >= 15 is 0 Å². The Kier molecular flexibility index (Phi) is 4.50. The molecule has 4 nitrogen and oxygen atoms in total. The number of aromatic nitrogens is 1. The molecule has 1 aromatic heterocycles. The number of hydrogen-bond donors (Lipinski definition) is 1. The summed E-state index contributed by atoms with van der Waals surface area (Å²) in [6.45, 7) is 2.12. The second kappa shape index (κ2) is 6.56. The molecule has 6 heteroatoms. The summed E-state index contributed by atoms with van der Waals surface area (Å²) in [5.74, 6) is 0.652. The number of ether oxygens (including phenoxy) is 1. The van der Waals surface area contributed by atoms with E-state index < -0.39 is 0 Å². The van der Waals surface area contributed by atoms with Crippen molar-refractivity contribution >= 4 is 44.1 Å². The quantitative estimate of drug-likeness (QED) is 0.688. The van der Waals surface area contributed by atoms with Gasteiger partial charge in [0.1, 0.15) is 5.75 Å². The van der Waals surface area contributed by atoms with Crippen LogP contribution in [0.25, 0.3) is 10.2 Å². The summed E-state index contributed by atoms with van der Waals surface area (Å²) in [5.41, 5.74) is 2.43. The van der Waals surface area contributed by atoms with Crippen LogP contribution in [0.4, 0.5) is 5.13 Å². The van der Waals surface area contributed by atoms with Gasteiger partial charge in [-0.05, 0) is 36.8 Å². The molecule has 1 heterocycles. The number of benzene rings is 2. The Balaban J connectivity index is 1.75. The van der Waals surface area contributed by atoms with E-state index in [1.54, 1.807) is 25.3 Å². The first-order chi connectivity index (χ1) is 11.1. The number of methoxy groups -OCH3 is 1. The molecule has 0 fully saturated rings. The monoisotopic (exact) mass is 346 g/mol. The number of thiazole rings is 1. The number of ketones is 1. The van der Waals surface area contributed by atoms with Gasteiger partial charge in [0.25, 0.3) is 0 Å². The lowest BCUT2D eigenvalue weighted by atomic mass is 10.1. The van der Waals surface area contributed by atoms with Crippen LogP contribution in [0, 0.1) is 6.92 Å². The van der Waals surface area contributed by atoms with Crippen molar-refractivity contribution in [3.63, 3.8) is 0 Å². The molecule has 0 saturated heterocycles.